The number of rotatable bonds is 8. The molecule has 9 heteroatoms. The van der Waals surface area contributed by atoms with Gasteiger partial charge in [-0.05, 0) is 79.7 Å². The van der Waals surface area contributed by atoms with Gasteiger partial charge in [0.15, 0.2) is 23.2 Å². The van der Waals surface area contributed by atoms with Gasteiger partial charge in [-0.3, -0.25) is 14.6 Å². The van der Waals surface area contributed by atoms with E-state index in [9.17, 15) is 18.0 Å². The minimum atomic E-state index is -1.25. The predicted octanol–water partition coefficient (Wildman–Crippen LogP) is 5.85. The number of nitrogens with one attached hydrogen (secondary N) is 1. The van der Waals surface area contributed by atoms with Gasteiger partial charge in [0.2, 0.25) is 5.91 Å². The molecule has 212 valence electrons. The number of benzene rings is 3. The fourth-order valence-corrected chi connectivity index (χ4v) is 5.35. The molecule has 40 heavy (non-hydrogen) atoms. The zero-order valence-corrected chi connectivity index (χ0v) is 22.6. The monoisotopic (exact) mass is 553 g/mol. The SMILES string of the molecule is Cc1ccc(NC(=O)CN2CCOCC2)cc1C1CCN(Cc2ccc(Oc3cc(F)c(F)cc3F)cc2)CC1. The summed E-state index contributed by atoms with van der Waals surface area (Å²) in [7, 11) is 0. The van der Waals surface area contributed by atoms with Crippen molar-refractivity contribution < 1.29 is 27.4 Å². The van der Waals surface area contributed by atoms with Gasteiger partial charge < -0.3 is 14.8 Å². The van der Waals surface area contributed by atoms with Gasteiger partial charge in [0, 0.05) is 37.5 Å². The van der Waals surface area contributed by atoms with E-state index in [0.29, 0.717) is 43.6 Å². The van der Waals surface area contributed by atoms with E-state index in [4.69, 9.17) is 9.47 Å². The third-order valence-corrected chi connectivity index (χ3v) is 7.59. The fourth-order valence-electron chi connectivity index (χ4n) is 5.35. The number of piperidine rings is 1. The van der Waals surface area contributed by atoms with Crippen molar-refractivity contribution in [2.75, 3.05) is 51.3 Å². The first-order valence-corrected chi connectivity index (χ1v) is 13.7. The summed E-state index contributed by atoms with van der Waals surface area (Å²) in [5, 5.41) is 3.07. The molecule has 2 saturated heterocycles. The molecule has 0 radical (unpaired) electrons. The van der Waals surface area contributed by atoms with Crippen LogP contribution in [0.25, 0.3) is 0 Å². The Kier molecular flexibility index (Phi) is 9.04. The first-order valence-electron chi connectivity index (χ1n) is 13.7. The molecule has 1 N–H and O–H groups in total. The smallest absolute Gasteiger partial charge is 0.238 e. The lowest BCUT2D eigenvalue weighted by atomic mass is 9.86. The van der Waals surface area contributed by atoms with Gasteiger partial charge in [-0.15, -0.1) is 0 Å². The average Bonchev–Trinajstić information content (AvgIpc) is 2.95. The van der Waals surface area contributed by atoms with Crippen LogP contribution in [0.2, 0.25) is 0 Å². The number of hydrogen-bond acceptors (Lipinski definition) is 5. The van der Waals surface area contributed by atoms with Gasteiger partial charge in [0.1, 0.15) is 5.75 Å². The molecule has 6 nitrogen and oxygen atoms in total. The van der Waals surface area contributed by atoms with Crippen LogP contribution in [0.3, 0.4) is 0 Å². The Labute approximate surface area is 232 Å². The molecule has 1 amide bonds. The number of aryl methyl sites for hydroxylation is 1. The van der Waals surface area contributed by atoms with Gasteiger partial charge in [0.05, 0.1) is 19.8 Å². The fraction of sp³-hybridized carbons (Fsp3) is 0.387. The molecule has 0 saturated carbocycles. The lowest BCUT2D eigenvalue weighted by Crippen LogP contribution is -2.41. The average molecular weight is 554 g/mol. The van der Waals surface area contributed by atoms with Crippen molar-refractivity contribution in [3.05, 3.63) is 88.7 Å². The van der Waals surface area contributed by atoms with E-state index < -0.39 is 17.5 Å². The van der Waals surface area contributed by atoms with E-state index >= 15 is 0 Å². The van der Waals surface area contributed by atoms with Crippen LogP contribution in [0.4, 0.5) is 18.9 Å². The third kappa shape index (κ3) is 7.21. The number of carbonyl (C=O) groups excluding carboxylic acids is 1. The maximum Gasteiger partial charge on any atom is 0.238 e. The Balaban J connectivity index is 1.12. The van der Waals surface area contributed by atoms with E-state index in [1.54, 1.807) is 12.1 Å². The summed E-state index contributed by atoms with van der Waals surface area (Å²) < 4.78 is 51.2. The number of amides is 1. The summed E-state index contributed by atoms with van der Waals surface area (Å²) in [4.78, 5) is 17.1. The summed E-state index contributed by atoms with van der Waals surface area (Å²) in [5.41, 5.74) is 4.44. The Morgan fingerprint density at radius 3 is 2.33 bits per heavy atom. The predicted molar refractivity (Wildman–Crippen MR) is 147 cm³/mol. The molecular weight excluding hydrogens is 519 g/mol. The molecule has 2 aliphatic rings. The topological polar surface area (TPSA) is 54.0 Å². The third-order valence-electron chi connectivity index (χ3n) is 7.59. The number of halogens is 3. The molecule has 2 fully saturated rings. The molecule has 2 heterocycles. The van der Waals surface area contributed by atoms with Crippen LogP contribution in [0.5, 0.6) is 11.5 Å². The lowest BCUT2D eigenvalue weighted by Gasteiger charge is -2.33. The van der Waals surface area contributed by atoms with Crippen molar-refractivity contribution in [3.8, 4) is 11.5 Å². The quantitative estimate of drug-likeness (QED) is 0.355. The number of carbonyl (C=O) groups is 1. The Bertz CT molecular complexity index is 1320. The molecule has 0 bridgehead atoms. The lowest BCUT2D eigenvalue weighted by molar-refractivity contribution is -0.118. The summed E-state index contributed by atoms with van der Waals surface area (Å²) in [6.07, 6.45) is 2.03. The Morgan fingerprint density at radius 1 is 0.900 bits per heavy atom. The Hall–Kier alpha value is -3.40. The molecule has 3 aromatic carbocycles. The van der Waals surface area contributed by atoms with Crippen LogP contribution in [0.1, 0.15) is 35.4 Å². The highest BCUT2D eigenvalue weighted by Gasteiger charge is 2.23. The molecule has 0 spiro atoms. The highest BCUT2D eigenvalue weighted by molar-refractivity contribution is 5.92. The number of nitrogens with zero attached hydrogens (tertiary/aromatic N) is 2. The summed E-state index contributed by atoms with van der Waals surface area (Å²) in [5.74, 6) is -2.96. The number of likely N-dealkylation sites (tertiary alicyclic amines) is 1. The molecule has 0 aromatic heterocycles. The largest absolute Gasteiger partial charge is 0.454 e. The normalized spacial score (nSPS) is 17.1. The van der Waals surface area contributed by atoms with Crippen molar-refractivity contribution >= 4 is 11.6 Å². The summed E-state index contributed by atoms with van der Waals surface area (Å²) >= 11 is 0. The van der Waals surface area contributed by atoms with Crippen LogP contribution in [0.15, 0.2) is 54.6 Å². The van der Waals surface area contributed by atoms with Gasteiger partial charge in [-0.2, -0.15) is 0 Å². The maximum absolute atomic E-state index is 13.9. The number of ether oxygens (including phenoxy) is 2. The molecule has 3 aromatic rings. The molecular formula is C31H34F3N3O3. The van der Waals surface area contributed by atoms with Gasteiger partial charge in [-0.25, -0.2) is 13.2 Å². The minimum Gasteiger partial charge on any atom is -0.454 e. The molecule has 2 aliphatic heterocycles. The van der Waals surface area contributed by atoms with Gasteiger partial charge >= 0.3 is 0 Å². The van der Waals surface area contributed by atoms with Crippen molar-refractivity contribution in [1.82, 2.24) is 9.80 Å². The second-order valence-electron chi connectivity index (χ2n) is 10.5. The van der Waals surface area contributed by atoms with Crippen molar-refractivity contribution in [3.63, 3.8) is 0 Å². The molecule has 0 aliphatic carbocycles. The molecule has 0 unspecified atom stereocenters. The van der Waals surface area contributed by atoms with Crippen molar-refractivity contribution in [1.29, 1.82) is 0 Å². The van der Waals surface area contributed by atoms with Crippen LogP contribution < -0.4 is 10.1 Å². The van der Waals surface area contributed by atoms with E-state index in [1.165, 1.54) is 11.1 Å². The Morgan fingerprint density at radius 2 is 1.60 bits per heavy atom. The van der Waals surface area contributed by atoms with E-state index in [-0.39, 0.29) is 11.7 Å². The maximum atomic E-state index is 13.9. The standard InChI is InChI=1S/C31H34F3N3O3/c1-21-2-5-24(35-31(38)20-37-12-14-39-15-13-37)16-26(21)23-8-10-36(11-9-23)19-22-3-6-25(7-4-22)40-30-18-28(33)27(32)17-29(30)34/h2-7,16-18,23H,8-15,19-20H2,1H3,(H,35,38). The zero-order valence-electron chi connectivity index (χ0n) is 22.6. The second kappa shape index (κ2) is 12.8. The molecule has 5 rings (SSSR count). The van der Waals surface area contributed by atoms with Crippen LogP contribution >= 0.6 is 0 Å². The van der Waals surface area contributed by atoms with Crippen LogP contribution in [-0.4, -0.2) is 61.6 Å². The van der Waals surface area contributed by atoms with Crippen LogP contribution in [0, 0.1) is 24.4 Å². The van der Waals surface area contributed by atoms with Crippen molar-refractivity contribution in [2.45, 2.75) is 32.2 Å². The first kappa shape index (κ1) is 28.1. The first-order chi connectivity index (χ1) is 19.3. The van der Waals surface area contributed by atoms with Crippen molar-refractivity contribution in [2.24, 2.45) is 0 Å². The van der Waals surface area contributed by atoms with E-state index in [2.05, 4.69) is 34.2 Å². The highest BCUT2D eigenvalue weighted by Crippen LogP contribution is 2.33. The van der Waals surface area contributed by atoms with Gasteiger partial charge in [-0.1, -0.05) is 18.2 Å². The number of anilines is 1. The second-order valence-corrected chi connectivity index (χ2v) is 10.5. The summed E-state index contributed by atoms with van der Waals surface area (Å²) in [6, 6.07) is 14.6. The van der Waals surface area contributed by atoms with Gasteiger partial charge in [0.25, 0.3) is 0 Å². The number of hydrogen-bond donors (Lipinski definition) is 1. The minimum absolute atomic E-state index is 0.00194. The van der Waals surface area contributed by atoms with E-state index in [0.717, 1.165) is 56.8 Å². The van der Waals surface area contributed by atoms with Crippen LogP contribution in [-0.2, 0) is 16.1 Å². The number of morpholine rings is 1. The highest BCUT2D eigenvalue weighted by atomic mass is 19.2. The van der Waals surface area contributed by atoms with E-state index in [1.807, 2.05) is 18.2 Å². The molecule has 0 atom stereocenters. The summed E-state index contributed by atoms with van der Waals surface area (Å²) in [6.45, 7) is 8.04. The zero-order chi connectivity index (χ0) is 28.1.